The molecule has 0 unspecified atom stereocenters. The van der Waals surface area contributed by atoms with Crippen LogP contribution in [0.3, 0.4) is 0 Å². The number of halogens is 1. The zero-order chi connectivity index (χ0) is 13.0. The van der Waals surface area contributed by atoms with Gasteiger partial charge in [-0.1, -0.05) is 6.92 Å². The van der Waals surface area contributed by atoms with E-state index in [0.717, 1.165) is 25.0 Å². The molecule has 1 aliphatic carbocycles. The lowest BCUT2D eigenvalue weighted by Gasteiger charge is -2.12. The number of hydrogen-bond donors (Lipinski definition) is 1. The van der Waals surface area contributed by atoms with E-state index in [2.05, 4.69) is 17.2 Å². The standard InChI is InChI=1S/C13H17FN2OS/c1-2-18-11-5-4-10(7-11)16-13(17)9-3-6-12(14)15-8-9/h3,6,8,10-11H,2,4-5,7H2,1H3,(H,16,17)/t10-,11+/m0/s1. The molecule has 1 fully saturated rings. The van der Waals surface area contributed by atoms with Gasteiger partial charge in [0.2, 0.25) is 5.95 Å². The Labute approximate surface area is 111 Å². The summed E-state index contributed by atoms with van der Waals surface area (Å²) in [6.45, 7) is 2.15. The zero-order valence-corrected chi connectivity index (χ0v) is 11.2. The van der Waals surface area contributed by atoms with Crippen molar-refractivity contribution < 1.29 is 9.18 Å². The van der Waals surface area contributed by atoms with Gasteiger partial charge in [-0.3, -0.25) is 4.79 Å². The number of nitrogens with zero attached hydrogens (tertiary/aromatic N) is 1. The molecule has 0 radical (unpaired) electrons. The van der Waals surface area contributed by atoms with Gasteiger partial charge in [0.15, 0.2) is 0 Å². The number of amides is 1. The van der Waals surface area contributed by atoms with E-state index in [4.69, 9.17) is 0 Å². The van der Waals surface area contributed by atoms with Crippen LogP contribution in [0.25, 0.3) is 0 Å². The Balaban J connectivity index is 1.87. The number of thioether (sulfide) groups is 1. The molecule has 98 valence electrons. The van der Waals surface area contributed by atoms with Gasteiger partial charge in [0.1, 0.15) is 0 Å². The molecule has 0 aliphatic heterocycles. The first-order valence-electron chi connectivity index (χ1n) is 6.23. The minimum atomic E-state index is -0.563. The molecule has 2 rings (SSSR count). The molecule has 0 aromatic carbocycles. The van der Waals surface area contributed by atoms with Crippen molar-refractivity contribution in [2.45, 2.75) is 37.5 Å². The van der Waals surface area contributed by atoms with Gasteiger partial charge in [0.25, 0.3) is 5.91 Å². The Hall–Kier alpha value is -1.10. The number of nitrogens with one attached hydrogen (secondary N) is 1. The molecule has 1 heterocycles. The summed E-state index contributed by atoms with van der Waals surface area (Å²) in [5, 5.41) is 3.65. The Morgan fingerprint density at radius 1 is 1.56 bits per heavy atom. The minimum Gasteiger partial charge on any atom is -0.349 e. The summed E-state index contributed by atoms with van der Waals surface area (Å²) in [5.41, 5.74) is 0.419. The van der Waals surface area contributed by atoms with Crippen LogP contribution in [0.2, 0.25) is 0 Å². The van der Waals surface area contributed by atoms with Crippen LogP contribution >= 0.6 is 11.8 Å². The van der Waals surface area contributed by atoms with Gasteiger partial charge >= 0.3 is 0 Å². The van der Waals surface area contributed by atoms with Crippen molar-refractivity contribution in [1.29, 1.82) is 0 Å². The van der Waals surface area contributed by atoms with Gasteiger partial charge in [0, 0.05) is 17.5 Å². The lowest BCUT2D eigenvalue weighted by atomic mass is 10.2. The summed E-state index contributed by atoms with van der Waals surface area (Å²) in [6.07, 6.45) is 4.49. The van der Waals surface area contributed by atoms with Gasteiger partial charge in [-0.25, -0.2) is 4.98 Å². The second-order valence-corrected chi connectivity index (χ2v) is 6.01. The van der Waals surface area contributed by atoms with Crippen LogP contribution in [-0.4, -0.2) is 27.9 Å². The van der Waals surface area contributed by atoms with Crippen molar-refractivity contribution in [2.75, 3.05) is 5.75 Å². The summed E-state index contributed by atoms with van der Waals surface area (Å²) in [5.74, 6) is 0.397. The average molecular weight is 268 g/mol. The van der Waals surface area contributed by atoms with E-state index >= 15 is 0 Å². The highest BCUT2D eigenvalue weighted by Gasteiger charge is 2.25. The normalized spacial score (nSPS) is 23.0. The Morgan fingerprint density at radius 3 is 3.06 bits per heavy atom. The third-order valence-electron chi connectivity index (χ3n) is 3.11. The summed E-state index contributed by atoms with van der Waals surface area (Å²) in [6, 6.07) is 2.91. The van der Waals surface area contributed by atoms with Crippen LogP contribution in [0.1, 0.15) is 36.5 Å². The summed E-state index contributed by atoms with van der Waals surface area (Å²) in [7, 11) is 0. The lowest BCUT2D eigenvalue weighted by molar-refractivity contribution is 0.0937. The molecule has 1 aliphatic rings. The highest BCUT2D eigenvalue weighted by Crippen LogP contribution is 2.29. The number of hydrogen-bond acceptors (Lipinski definition) is 3. The van der Waals surface area contributed by atoms with E-state index in [1.807, 2.05) is 11.8 Å². The predicted octanol–water partition coefficient (Wildman–Crippen LogP) is 2.62. The van der Waals surface area contributed by atoms with E-state index in [1.54, 1.807) is 0 Å². The van der Waals surface area contributed by atoms with Crippen molar-refractivity contribution in [2.24, 2.45) is 0 Å². The highest BCUT2D eigenvalue weighted by atomic mass is 32.2. The molecule has 1 saturated carbocycles. The maximum Gasteiger partial charge on any atom is 0.253 e. The molecule has 0 saturated heterocycles. The first-order valence-corrected chi connectivity index (χ1v) is 7.28. The van der Waals surface area contributed by atoms with Crippen LogP contribution < -0.4 is 5.32 Å². The SMILES string of the molecule is CCS[C@@H]1CC[C@H](NC(=O)c2ccc(F)nc2)C1. The fourth-order valence-electron chi connectivity index (χ4n) is 2.24. The van der Waals surface area contributed by atoms with E-state index in [1.165, 1.54) is 18.3 Å². The summed E-state index contributed by atoms with van der Waals surface area (Å²) < 4.78 is 12.6. The number of carbonyl (C=O) groups is 1. The number of aromatic nitrogens is 1. The fourth-order valence-corrected chi connectivity index (χ4v) is 3.38. The second-order valence-electron chi connectivity index (χ2n) is 4.43. The minimum absolute atomic E-state index is 0.158. The molecule has 1 amide bonds. The van der Waals surface area contributed by atoms with Gasteiger partial charge in [-0.15, -0.1) is 0 Å². The molecule has 1 N–H and O–H groups in total. The van der Waals surface area contributed by atoms with Crippen molar-refractivity contribution in [3.05, 3.63) is 29.8 Å². The average Bonchev–Trinajstić information content (AvgIpc) is 2.78. The van der Waals surface area contributed by atoms with Gasteiger partial charge < -0.3 is 5.32 Å². The summed E-state index contributed by atoms with van der Waals surface area (Å²) >= 11 is 1.95. The maximum absolute atomic E-state index is 12.6. The first-order chi connectivity index (χ1) is 8.69. The molecule has 1 aromatic rings. The lowest BCUT2D eigenvalue weighted by Crippen LogP contribution is -2.33. The predicted molar refractivity (Wildman–Crippen MR) is 71.2 cm³/mol. The summed E-state index contributed by atoms with van der Waals surface area (Å²) in [4.78, 5) is 15.4. The highest BCUT2D eigenvalue weighted by molar-refractivity contribution is 7.99. The van der Waals surface area contributed by atoms with E-state index in [0.29, 0.717) is 10.8 Å². The topological polar surface area (TPSA) is 42.0 Å². The molecule has 0 spiro atoms. The Bertz CT molecular complexity index is 410. The van der Waals surface area contributed by atoms with E-state index in [-0.39, 0.29) is 11.9 Å². The van der Waals surface area contributed by atoms with Crippen LogP contribution in [0, 0.1) is 5.95 Å². The monoisotopic (exact) mass is 268 g/mol. The van der Waals surface area contributed by atoms with Gasteiger partial charge in [-0.2, -0.15) is 16.2 Å². The van der Waals surface area contributed by atoms with Crippen molar-refractivity contribution in [3.63, 3.8) is 0 Å². The van der Waals surface area contributed by atoms with Crippen molar-refractivity contribution in [3.8, 4) is 0 Å². The zero-order valence-electron chi connectivity index (χ0n) is 10.4. The van der Waals surface area contributed by atoms with Gasteiger partial charge in [-0.05, 0) is 37.1 Å². The Kier molecular flexibility index (Phi) is 4.58. The van der Waals surface area contributed by atoms with E-state index in [9.17, 15) is 9.18 Å². The van der Waals surface area contributed by atoms with E-state index < -0.39 is 5.95 Å². The van der Waals surface area contributed by atoms with Crippen LogP contribution in [0.5, 0.6) is 0 Å². The molecular formula is C13H17FN2OS. The molecule has 5 heteroatoms. The van der Waals surface area contributed by atoms with Crippen LogP contribution in [0.15, 0.2) is 18.3 Å². The van der Waals surface area contributed by atoms with Crippen LogP contribution in [0.4, 0.5) is 4.39 Å². The largest absolute Gasteiger partial charge is 0.349 e. The molecule has 0 bridgehead atoms. The Morgan fingerprint density at radius 2 is 2.39 bits per heavy atom. The molecule has 3 nitrogen and oxygen atoms in total. The first kappa shape index (κ1) is 13.3. The molecule has 1 aromatic heterocycles. The molecular weight excluding hydrogens is 251 g/mol. The van der Waals surface area contributed by atoms with Crippen LogP contribution in [-0.2, 0) is 0 Å². The third-order valence-corrected chi connectivity index (χ3v) is 4.34. The molecule has 18 heavy (non-hydrogen) atoms. The third kappa shape index (κ3) is 3.45. The molecule has 2 atom stereocenters. The number of rotatable bonds is 4. The number of carbonyl (C=O) groups excluding carboxylic acids is 1. The quantitative estimate of drug-likeness (QED) is 0.854. The number of pyridine rings is 1. The maximum atomic E-state index is 12.6. The fraction of sp³-hybridized carbons (Fsp3) is 0.538. The van der Waals surface area contributed by atoms with Gasteiger partial charge in [0.05, 0.1) is 5.56 Å². The second kappa shape index (κ2) is 6.18. The van der Waals surface area contributed by atoms with Crippen molar-refractivity contribution >= 4 is 17.7 Å². The smallest absolute Gasteiger partial charge is 0.253 e. The van der Waals surface area contributed by atoms with Crippen molar-refractivity contribution in [1.82, 2.24) is 10.3 Å².